The fraction of sp³-hybridized carbons (Fsp3) is 1.00. The van der Waals surface area contributed by atoms with Crippen molar-refractivity contribution < 1.29 is 10.2 Å². The average Bonchev–Trinajstić information content (AvgIpc) is 3.04. The van der Waals surface area contributed by atoms with Gasteiger partial charge in [-0.15, -0.1) is 0 Å². The molecule has 2 N–H and O–H groups in total. The molecule has 48 heavy (non-hydrogen) atoms. The first-order chi connectivity index (χ1) is 22.4. The lowest BCUT2D eigenvalue weighted by Gasteiger charge is -2.41. The molecule has 0 bridgehead atoms. The molecule has 0 aliphatic heterocycles. The summed E-state index contributed by atoms with van der Waals surface area (Å²) in [6.07, 6.45) is 24.0. The van der Waals surface area contributed by atoms with Crippen LogP contribution in [0.15, 0.2) is 0 Å². The molecule has 4 fully saturated rings. The third-order valence-corrected chi connectivity index (χ3v) is 15.0. The Kier molecular flexibility index (Phi) is 21.8. The maximum Gasteiger partial charge on any atom is 0.0645 e. The topological polar surface area (TPSA) is 40.5 Å². The van der Waals surface area contributed by atoms with E-state index in [9.17, 15) is 10.2 Å². The van der Waals surface area contributed by atoms with Crippen LogP contribution in [-0.2, 0) is 0 Å². The Bertz CT molecular complexity index is 736. The zero-order valence-electron chi connectivity index (χ0n) is 35.6. The summed E-state index contributed by atoms with van der Waals surface area (Å²) in [5, 5.41) is 20.0. The Morgan fingerprint density at radius 1 is 0.562 bits per heavy atom. The Hall–Kier alpha value is -0.0800. The smallest absolute Gasteiger partial charge is 0.0645 e. The molecule has 13 unspecified atom stereocenters. The average molecular weight is 677 g/mol. The van der Waals surface area contributed by atoms with Crippen molar-refractivity contribution in [2.75, 3.05) is 0 Å². The molecule has 0 aromatic heterocycles. The third-order valence-electron chi connectivity index (χ3n) is 15.0. The number of hydrogen-bond acceptors (Lipinski definition) is 2. The van der Waals surface area contributed by atoms with Crippen molar-refractivity contribution in [2.45, 2.75) is 224 Å². The summed E-state index contributed by atoms with van der Waals surface area (Å²) in [5.41, 5.74) is -0.242. The van der Waals surface area contributed by atoms with Crippen molar-refractivity contribution in [1.29, 1.82) is 0 Å². The normalized spacial score (nSPS) is 39.2. The molecular weight excluding hydrogens is 585 g/mol. The number of rotatable bonds is 8. The van der Waals surface area contributed by atoms with Crippen LogP contribution in [0.1, 0.15) is 213 Å². The van der Waals surface area contributed by atoms with Gasteiger partial charge in [-0.2, -0.15) is 0 Å². The van der Waals surface area contributed by atoms with Gasteiger partial charge in [-0.25, -0.2) is 0 Å². The van der Waals surface area contributed by atoms with Crippen LogP contribution in [0.3, 0.4) is 0 Å². The van der Waals surface area contributed by atoms with Gasteiger partial charge in [0.15, 0.2) is 0 Å². The van der Waals surface area contributed by atoms with Crippen molar-refractivity contribution in [3.63, 3.8) is 0 Å². The van der Waals surface area contributed by atoms with Crippen molar-refractivity contribution in [3.8, 4) is 0 Å². The second-order valence-corrected chi connectivity index (χ2v) is 19.4. The first-order valence-corrected chi connectivity index (χ1v) is 21.8. The highest BCUT2D eigenvalue weighted by molar-refractivity contribution is 4.89. The SMILES string of the molecule is CCC(C)C1CCC(C)(C)C(O)C1.CCC(C)C1CCC(C)(O)C(C)C1.CCCC1CCC(C)C(C)C1.CCCC1CCC(C)C(C)C1. The first kappa shape index (κ1) is 45.9. The number of hydrogen-bond donors (Lipinski definition) is 2. The van der Waals surface area contributed by atoms with Gasteiger partial charge in [0.25, 0.3) is 0 Å². The Morgan fingerprint density at radius 3 is 1.33 bits per heavy atom. The standard InChI is InChI=1S/2C12H24O.2C11H22/c1-5-9(2)10-6-7-12(3,4)11(13)8-10;1-5-9(2)11-6-7-12(4,13)10(3)8-11;2*1-4-5-11-7-6-9(2)10(3)8-11/h2*9-11,13H,5-8H2,1-4H3;2*9-11H,4-8H2,1-3H3. The van der Waals surface area contributed by atoms with Crippen molar-refractivity contribution >= 4 is 0 Å². The van der Waals surface area contributed by atoms with E-state index in [4.69, 9.17) is 0 Å². The molecule has 4 saturated carbocycles. The van der Waals surface area contributed by atoms with E-state index in [1.165, 1.54) is 103 Å². The monoisotopic (exact) mass is 677 g/mol. The highest BCUT2D eigenvalue weighted by atomic mass is 16.3. The predicted octanol–water partition coefficient (Wildman–Crippen LogP) is 14.2. The van der Waals surface area contributed by atoms with Crippen molar-refractivity contribution in [2.24, 2.45) is 70.5 Å². The summed E-state index contributed by atoms with van der Waals surface area (Å²) in [5.74, 6) is 9.77. The summed E-state index contributed by atoms with van der Waals surface area (Å²) in [6, 6.07) is 0. The zero-order chi connectivity index (χ0) is 36.7. The molecule has 0 amide bonds. The molecule has 288 valence electrons. The van der Waals surface area contributed by atoms with Gasteiger partial charge in [-0.3, -0.25) is 0 Å². The van der Waals surface area contributed by atoms with E-state index in [-0.39, 0.29) is 11.5 Å². The van der Waals surface area contributed by atoms with E-state index in [1.807, 2.05) is 6.92 Å². The second-order valence-electron chi connectivity index (χ2n) is 19.4. The van der Waals surface area contributed by atoms with E-state index in [1.54, 1.807) is 0 Å². The predicted molar refractivity (Wildman–Crippen MR) is 214 cm³/mol. The second kappa shape index (κ2) is 22.8. The molecule has 2 nitrogen and oxygen atoms in total. The molecule has 0 heterocycles. The van der Waals surface area contributed by atoms with Crippen LogP contribution < -0.4 is 0 Å². The van der Waals surface area contributed by atoms with Gasteiger partial charge in [-0.1, -0.05) is 154 Å². The summed E-state index contributed by atoms with van der Waals surface area (Å²) >= 11 is 0. The van der Waals surface area contributed by atoms with Crippen LogP contribution in [0.2, 0.25) is 0 Å². The van der Waals surface area contributed by atoms with Crippen molar-refractivity contribution in [1.82, 2.24) is 0 Å². The maximum absolute atomic E-state index is 10.0. The van der Waals surface area contributed by atoms with Gasteiger partial charge < -0.3 is 10.2 Å². The molecule has 0 aromatic rings. The quantitative estimate of drug-likeness (QED) is 0.269. The molecule has 0 radical (unpaired) electrons. The fourth-order valence-corrected chi connectivity index (χ4v) is 9.36. The van der Waals surface area contributed by atoms with Crippen LogP contribution in [0.25, 0.3) is 0 Å². The minimum Gasteiger partial charge on any atom is -0.393 e. The number of aliphatic hydroxyl groups excluding tert-OH is 1. The van der Waals surface area contributed by atoms with Gasteiger partial charge in [0.2, 0.25) is 0 Å². The highest BCUT2D eigenvalue weighted by Gasteiger charge is 2.37. The van der Waals surface area contributed by atoms with Crippen molar-refractivity contribution in [3.05, 3.63) is 0 Å². The van der Waals surface area contributed by atoms with E-state index in [0.29, 0.717) is 5.92 Å². The first-order valence-electron chi connectivity index (χ1n) is 21.8. The molecule has 4 aliphatic rings. The highest BCUT2D eigenvalue weighted by Crippen LogP contribution is 2.42. The largest absolute Gasteiger partial charge is 0.393 e. The van der Waals surface area contributed by atoms with Gasteiger partial charge in [-0.05, 0) is 129 Å². The Morgan fingerprint density at radius 2 is 0.979 bits per heavy atom. The lowest BCUT2D eigenvalue weighted by atomic mass is 9.67. The van der Waals surface area contributed by atoms with Crippen LogP contribution in [0, 0.1) is 70.5 Å². The summed E-state index contributed by atoms with van der Waals surface area (Å²) in [6.45, 7) is 32.0. The molecule has 4 aliphatic carbocycles. The molecule has 4 rings (SSSR count). The van der Waals surface area contributed by atoms with E-state index < -0.39 is 5.60 Å². The minimum absolute atomic E-state index is 0.0831. The lowest BCUT2D eigenvalue weighted by molar-refractivity contribution is -0.0461. The summed E-state index contributed by atoms with van der Waals surface area (Å²) in [4.78, 5) is 0. The van der Waals surface area contributed by atoms with Gasteiger partial charge >= 0.3 is 0 Å². The van der Waals surface area contributed by atoms with Gasteiger partial charge in [0.1, 0.15) is 0 Å². The molecule has 0 spiro atoms. The van der Waals surface area contributed by atoms with E-state index in [2.05, 4.69) is 90.0 Å². The molecule has 0 saturated heterocycles. The number of aliphatic hydroxyl groups is 2. The summed E-state index contributed by atoms with van der Waals surface area (Å²) in [7, 11) is 0. The van der Waals surface area contributed by atoms with Gasteiger partial charge in [0.05, 0.1) is 11.7 Å². The van der Waals surface area contributed by atoms with Crippen LogP contribution in [-0.4, -0.2) is 21.9 Å². The third kappa shape index (κ3) is 16.1. The molecule has 13 atom stereocenters. The zero-order valence-corrected chi connectivity index (χ0v) is 35.6. The molecular formula is C46H92O2. The van der Waals surface area contributed by atoms with Gasteiger partial charge in [0, 0.05) is 0 Å². The molecule has 2 heteroatoms. The minimum atomic E-state index is -0.399. The molecule has 0 aromatic carbocycles. The van der Waals surface area contributed by atoms with Crippen LogP contribution in [0.4, 0.5) is 0 Å². The Balaban J connectivity index is 0.000000321. The fourth-order valence-electron chi connectivity index (χ4n) is 9.36. The maximum atomic E-state index is 10.0. The van der Waals surface area contributed by atoms with E-state index >= 15 is 0 Å². The van der Waals surface area contributed by atoms with Crippen LogP contribution >= 0.6 is 0 Å². The van der Waals surface area contributed by atoms with E-state index in [0.717, 1.165) is 72.0 Å². The summed E-state index contributed by atoms with van der Waals surface area (Å²) < 4.78 is 0. The lowest BCUT2D eigenvalue weighted by Crippen LogP contribution is -2.39. The van der Waals surface area contributed by atoms with Crippen LogP contribution in [0.5, 0.6) is 0 Å². The Labute approximate surface area is 304 Å².